The van der Waals surface area contributed by atoms with Crippen molar-refractivity contribution in [3.05, 3.63) is 63.5 Å². The largest absolute Gasteiger partial charge is 0.497 e. The van der Waals surface area contributed by atoms with E-state index in [9.17, 15) is 4.79 Å². The highest BCUT2D eigenvalue weighted by Crippen LogP contribution is 2.32. The molecule has 4 heterocycles. The molecule has 2 aromatic carbocycles. The molecule has 182 valence electrons. The number of hydrogen-bond donors (Lipinski definition) is 0. The van der Waals surface area contributed by atoms with E-state index in [1.165, 1.54) is 26.9 Å². The summed E-state index contributed by atoms with van der Waals surface area (Å²) in [6.45, 7) is 7.35. The molecule has 0 unspecified atom stereocenters. The van der Waals surface area contributed by atoms with Crippen LogP contribution in [-0.2, 0) is 19.5 Å². The minimum absolute atomic E-state index is 0.125. The summed E-state index contributed by atoms with van der Waals surface area (Å²) in [7, 11) is 3.85. The molecule has 1 fully saturated rings. The maximum absolute atomic E-state index is 13.3. The summed E-state index contributed by atoms with van der Waals surface area (Å²) >= 11 is 1.68. The second-order valence-electron chi connectivity index (χ2n) is 9.61. The summed E-state index contributed by atoms with van der Waals surface area (Å²) in [6, 6.07) is 12.8. The summed E-state index contributed by atoms with van der Waals surface area (Å²) in [5.41, 5.74) is 2.62. The third-order valence-electron chi connectivity index (χ3n) is 7.45. The van der Waals surface area contributed by atoms with Gasteiger partial charge in [-0.15, -0.1) is 11.3 Å². The number of nitrogens with zero attached hydrogens (tertiary/aromatic N) is 5. The first-order chi connectivity index (χ1) is 17.1. The molecule has 0 bridgehead atoms. The van der Waals surface area contributed by atoms with Crippen LogP contribution in [-0.4, -0.2) is 72.8 Å². The molecule has 6 rings (SSSR count). The molecule has 8 heteroatoms. The van der Waals surface area contributed by atoms with Crippen molar-refractivity contribution in [3.8, 4) is 5.75 Å². The average molecular weight is 490 g/mol. The fourth-order valence-corrected chi connectivity index (χ4v) is 6.66. The molecule has 0 aliphatic carbocycles. The average Bonchev–Trinajstić information content (AvgIpc) is 3.26. The number of methoxy groups -OCH3 is 1. The number of benzene rings is 2. The number of fused-ring (bicyclic) bond motifs is 4. The molecule has 0 radical (unpaired) electrons. The summed E-state index contributed by atoms with van der Waals surface area (Å²) in [4.78, 5) is 27.4. The van der Waals surface area contributed by atoms with E-state index in [0.29, 0.717) is 6.54 Å². The van der Waals surface area contributed by atoms with Crippen LogP contribution in [0.3, 0.4) is 0 Å². The van der Waals surface area contributed by atoms with Gasteiger partial charge in [-0.3, -0.25) is 14.3 Å². The van der Waals surface area contributed by atoms with Crippen LogP contribution in [0.15, 0.2) is 47.5 Å². The SMILES string of the molecule is COc1ccc2cccc(N3CCN(CCn4cnc5sc6c(c5c4=O)CCN(C)C6)CC3)c2c1. The van der Waals surface area contributed by atoms with Gasteiger partial charge >= 0.3 is 0 Å². The summed E-state index contributed by atoms with van der Waals surface area (Å²) in [5.74, 6) is 0.888. The molecule has 2 aliphatic rings. The van der Waals surface area contributed by atoms with E-state index in [4.69, 9.17) is 4.74 Å². The molecule has 2 aromatic heterocycles. The highest BCUT2D eigenvalue weighted by molar-refractivity contribution is 7.18. The highest BCUT2D eigenvalue weighted by Gasteiger charge is 2.23. The number of piperazine rings is 1. The van der Waals surface area contributed by atoms with Gasteiger partial charge in [0.25, 0.3) is 5.56 Å². The quantitative estimate of drug-likeness (QED) is 0.428. The molecule has 1 saturated heterocycles. The lowest BCUT2D eigenvalue weighted by molar-refractivity contribution is 0.247. The molecule has 2 aliphatic heterocycles. The third kappa shape index (κ3) is 4.20. The lowest BCUT2D eigenvalue weighted by Crippen LogP contribution is -2.47. The van der Waals surface area contributed by atoms with Gasteiger partial charge in [0.2, 0.25) is 0 Å². The van der Waals surface area contributed by atoms with Crippen molar-refractivity contribution in [2.45, 2.75) is 19.5 Å². The Balaban J connectivity index is 1.14. The molecule has 0 N–H and O–H groups in total. The van der Waals surface area contributed by atoms with Gasteiger partial charge in [-0.25, -0.2) is 4.98 Å². The van der Waals surface area contributed by atoms with Crippen LogP contribution >= 0.6 is 11.3 Å². The van der Waals surface area contributed by atoms with E-state index in [0.717, 1.165) is 68.2 Å². The highest BCUT2D eigenvalue weighted by atomic mass is 32.1. The van der Waals surface area contributed by atoms with Crippen LogP contribution in [0, 0.1) is 0 Å². The maximum atomic E-state index is 13.3. The second-order valence-corrected chi connectivity index (χ2v) is 10.7. The number of ether oxygens (including phenoxy) is 1. The number of thiophene rings is 1. The van der Waals surface area contributed by atoms with Crippen molar-refractivity contribution >= 4 is 38.0 Å². The predicted molar refractivity (Wildman–Crippen MR) is 143 cm³/mol. The number of likely N-dealkylation sites (N-methyl/N-ethyl adjacent to an activating group) is 1. The summed E-state index contributed by atoms with van der Waals surface area (Å²) < 4.78 is 7.28. The van der Waals surface area contributed by atoms with Crippen LogP contribution in [0.5, 0.6) is 5.75 Å². The smallest absolute Gasteiger partial charge is 0.262 e. The van der Waals surface area contributed by atoms with Crippen LogP contribution in [0.1, 0.15) is 10.4 Å². The zero-order valence-corrected chi connectivity index (χ0v) is 21.2. The van der Waals surface area contributed by atoms with Gasteiger partial charge in [-0.05, 0) is 42.6 Å². The predicted octanol–water partition coefficient (Wildman–Crippen LogP) is 3.43. The maximum Gasteiger partial charge on any atom is 0.262 e. The van der Waals surface area contributed by atoms with Gasteiger partial charge in [0.1, 0.15) is 10.6 Å². The molecule has 0 atom stereocenters. The lowest BCUT2D eigenvalue weighted by Gasteiger charge is -2.36. The van der Waals surface area contributed by atoms with E-state index in [1.54, 1.807) is 24.8 Å². The Hall–Kier alpha value is -2.94. The zero-order chi connectivity index (χ0) is 23.9. The van der Waals surface area contributed by atoms with Crippen LogP contribution in [0.4, 0.5) is 5.69 Å². The first kappa shape index (κ1) is 22.5. The van der Waals surface area contributed by atoms with E-state index in [1.807, 2.05) is 10.6 Å². The van der Waals surface area contributed by atoms with E-state index in [-0.39, 0.29) is 5.56 Å². The van der Waals surface area contributed by atoms with Crippen LogP contribution < -0.4 is 15.2 Å². The zero-order valence-electron chi connectivity index (χ0n) is 20.4. The van der Waals surface area contributed by atoms with Gasteiger partial charge < -0.3 is 14.5 Å². The molecule has 4 aromatic rings. The Morgan fingerprint density at radius 3 is 2.74 bits per heavy atom. The van der Waals surface area contributed by atoms with Gasteiger partial charge in [-0.1, -0.05) is 18.2 Å². The Morgan fingerprint density at radius 1 is 1.06 bits per heavy atom. The Kier molecular flexibility index (Phi) is 5.96. The lowest BCUT2D eigenvalue weighted by atomic mass is 10.1. The van der Waals surface area contributed by atoms with Crippen molar-refractivity contribution in [2.75, 3.05) is 58.3 Å². The van der Waals surface area contributed by atoms with E-state index >= 15 is 0 Å². The van der Waals surface area contributed by atoms with Crippen LogP contribution in [0.2, 0.25) is 0 Å². The van der Waals surface area contributed by atoms with E-state index in [2.05, 4.69) is 57.1 Å². The third-order valence-corrected chi connectivity index (χ3v) is 8.58. The minimum atomic E-state index is 0.125. The molecule has 35 heavy (non-hydrogen) atoms. The van der Waals surface area contributed by atoms with Crippen LogP contribution in [0.25, 0.3) is 21.0 Å². The van der Waals surface area contributed by atoms with Gasteiger partial charge in [-0.2, -0.15) is 0 Å². The second kappa shape index (κ2) is 9.26. The monoisotopic (exact) mass is 489 g/mol. The Labute approximate surface area is 209 Å². The minimum Gasteiger partial charge on any atom is -0.497 e. The van der Waals surface area contributed by atoms with Crippen molar-refractivity contribution in [2.24, 2.45) is 0 Å². The molecular formula is C27H31N5O2S. The first-order valence-corrected chi connectivity index (χ1v) is 13.1. The van der Waals surface area contributed by atoms with Gasteiger partial charge in [0.15, 0.2) is 0 Å². The Morgan fingerprint density at radius 2 is 1.91 bits per heavy atom. The molecule has 0 spiro atoms. The number of aromatic nitrogens is 2. The van der Waals surface area contributed by atoms with Crippen molar-refractivity contribution in [3.63, 3.8) is 0 Å². The molecular weight excluding hydrogens is 458 g/mol. The first-order valence-electron chi connectivity index (χ1n) is 12.3. The summed E-state index contributed by atoms with van der Waals surface area (Å²) in [5, 5.41) is 3.32. The van der Waals surface area contributed by atoms with Crippen molar-refractivity contribution in [1.29, 1.82) is 0 Å². The number of rotatable bonds is 5. The fourth-order valence-electron chi connectivity index (χ4n) is 5.41. The van der Waals surface area contributed by atoms with Crippen molar-refractivity contribution in [1.82, 2.24) is 19.4 Å². The van der Waals surface area contributed by atoms with Gasteiger partial charge in [0.05, 0.1) is 18.8 Å². The normalized spacial score (nSPS) is 17.3. The standard InChI is InChI=1S/C27H31N5O2S/c1-29-9-8-21-24(17-29)35-26-25(21)27(33)32(18-28-26)15-12-30-10-13-31(14-11-30)23-5-3-4-19-6-7-20(34-2)16-22(19)23/h3-7,16,18H,8-15,17H2,1-2H3. The Bertz CT molecular complexity index is 1440. The van der Waals surface area contributed by atoms with Gasteiger partial charge in [0, 0.05) is 68.3 Å². The fraction of sp³-hybridized carbons (Fsp3) is 0.407. The number of anilines is 1. The topological polar surface area (TPSA) is 53.8 Å². The molecule has 0 saturated carbocycles. The summed E-state index contributed by atoms with van der Waals surface area (Å²) in [6.07, 6.45) is 2.69. The molecule has 7 nitrogen and oxygen atoms in total. The molecule has 0 amide bonds. The van der Waals surface area contributed by atoms with Crippen molar-refractivity contribution < 1.29 is 4.74 Å². The van der Waals surface area contributed by atoms with E-state index < -0.39 is 0 Å². The number of hydrogen-bond acceptors (Lipinski definition) is 7.